The first-order chi connectivity index (χ1) is 16.3. The molecule has 0 fully saturated rings. The van der Waals surface area contributed by atoms with E-state index in [1.807, 2.05) is 50.2 Å². The van der Waals surface area contributed by atoms with Crippen LogP contribution in [-0.2, 0) is 21.4 Å². The van der Waals surface area contributed by atoms with Gasteiger partial charge < -0.3 is 10.2 Å². The van der Waals surface area contributed by atoms with E-state index in [0.717, 1.165) is 35.5 Å². The van der Waals surface area contributed by atoms with E-state index in [4.69, 9.17) is 0 Å². The van der Waals surface area contributed by atoms with Crippen LogP contribution in [0.4, 0.5) is 11.4 Å². The summed E-state index contributed by atoms with van der Waals surface area (Å²) in [6, 6.07) is 21.8. The van der Waals surface area contributed by atoms with Crippen LogP contribution in [0.15, 0.2) is 77.7 Å². The number of benzene rings is 3. The zero-order chi connectivity index (χ0) is 24.7. The monoisotopic (exact) mass is 479 g/mol. The Bertz CT molecular complexity index is 1210. The molecule has 0 aliphatic carbocycles. The maximum Gasteiger partial charge on any atom is 0.264 e. The van der Waals surface area contributed by atoms with E-state index in [0.29, 0.717) is 12.2 Å². The minimum atomic E-state index is -3.93. The Morgan fingerprint density at radius 2 is 1.53 bits per heavy atom. The third-order valence-electron chi connectivity index (χ3n) is 5.81. The second-order valence-electron chi connectivity index (χ2n) is 8.23. The average molecular weight is 480 g/mol. The lowest BCUT2D eigenvalue weighted by molar-refractivity contribution is -0.119. The van der Waals surface area contributed by atoms with E-state index in [-0.39, 0.29) is 17.3 Å². The SMILES string of the molecule is CCN(CC)c1ccc(CNC(=O)CN(c2cc(C)ccc2C)S(=O)(=O)c2ccccc2)cc1. The van der Waals surface area contributed by atoms with Crippen LogP contribution in [0.1, 0.15) is 30.5 Å². The van der Waals surface area contributed by atoms with E-state index >= 15 is 0 Å². The fraction of sp³-hybridized carbons (Fsp3) is 0.296. The van der Waals surface area contributed by atoms with Crippen molar-refractivity contribution in [1.29, 1.82) is 0 Å². The van der Waals surface area contributed by atoms with Gasteiger partial charge in [-0.05, 0) is 74.7 Å². The van der Waals surface area contributed by atoms with Gasteiger partial charge in [-0.25, -0.2) is 8.42 Å². The molecule has 3 aromatic carbocycles. The van der Waals surface area contributed by atoms with Crippen LogP contribution in [0.2, 0.25) is 0 Å². The number of hydrogen-bond donors (Lipinski definition) is 1. The molecule has 0 radical (unpaired) electrons. The third kappa shape index (κ3) is 5.97. The van der Waals surface area contributed by atoms with Gasteiger partial charge >= 0.3 is 0 Å². The molecule has 34 heavy (non-hydrogen) atoms. The van der Waals surface area contributed by atoms with Crippen LogP contribution in [0, 0.1) is 13.8 Å². The lowest BCUT2D eigenvalue weighted by Crippen LogP contribution is -2.41. The second kappa shape index (κ2) is 11.2. The quantitative estimate of drug-likeness (QED) is 0.459. The van der Waals surface area contributed by atoms with Crippen LogP contribution in [0.5, 0.6) is 0 Å². The normalized spacial score (nSPS) is 11.2. The maximum atomic E-state index is 13.5. The number of hydrogen-bond acceptors (Lipinski definition) is 4. The molecule has 0 saturated carbocycles. The minimum absolute atomic E-state index is 0.149. The Morgan fingerprint density at radius 1 is 0.882 bits per heavy atom. The zero-order valence-corrected chi connectivity index (χ0v) is 21.1. The summed E-state index contributed by atoms with van der Waals surface area (Å²) in [5.41, 5.74) is 4.29. The van der Waals surface area contributed by atoms with E-state index in [1.54, 1.807) is 36.4 Å². The molecule has 0 aromatic heterocycles. The van der Waals surface area contributed by atoms with Crippen LogP contribution in [0.3, 0.4) is 0 Å². The molecule has 0 bridgehead atoms. The van der Waals surface area contributed by atoms with Crippen LogP contribution >= 0.6 is 0 Å². The van der Waals surface area contributed by atoms with E-state index in [1.165, 1.54) is 4.31 Å². The van der Waals surface area contributed by atoms with Crippen LogP contribution < -0.4 is 14.5 Å². The topological polar surface area (TPSA) is 69.7 Å². The number of anilines is 2. The van der Waals surface area contributed by atoms with Crippen molar-refractivity contribution in [2.24, 2.45) is 0 Å². The van der Waals surface area contributed by atoms with E-state index < -0.39 is 10.0 Å². The first kappa shape index (κ1) is 25.3. The molecule has 0 spiro atoms. The lowest BCUT2D eigenvalue weighted by atomic mass is 10.1. The standard InChI is InChI=1S/C27H33N3O3S/c1-5-29(6-2)24-16-14-23(15-17-24)19-28-27(31)20-30(26-18-21(3)12-13-22(26)4)34(32,33)25-10-8-7-9-11-25/h7-18H,5-6,19-20H2,1-4H3,(H,28,31). The molecule has 0 aliphatic heterocycles. The van der Waals surface area contributed by atoms with Gasteiger partial charge in [0.2, 0.25) is 5.91 Å². The maximum absolute atomic E-state index is 13.5. The van der Waals surface area contributed by atoms with Crippen molar-refractivity contribution in [1.82, 2.24) is 5.32 Å². The lowest BCUT2D eigenvalue weighted by Gasteiger charge is -2.26. The van der Waals surface area contributed by atoms with Crippen molar-refractivity contribution < 1.29 is 13.2 Å². The van der Waals surface area contributed by atoms with Gasteiger partial charge in [0.1, 0.15) is 6.54 Å². The highest BCUT2D eigenvalue weighted by molar-refractivity contribution is 7.92. The molecule has 1 amide bonds. The number of nitrogens with zero attached hydrogens (tertiary/aromatic N) is 2. The Balaban J connectivity index is 1.80. The van der Waals surface area contributed by atoms with Gasteiger partial charge in [0, 0.05) is 25.3 Å². The molecule has 3 aromatic rings. The summed E-state index contributed by atoms with van der Waals surface area (Å²) in [4.78, 5) is 15.3. The number of rotatable bonds is 10. The van der Waals surface area contributed by atoms with Crippen molar-refractivity contribution in [3.8, 4) is 0 Å². The fourth-order valence-electron chi connectivity index (χ4n) is 3.81. The van der Waals surface area contributed by atoms with E-state index in [2.05, 4.69) is 24.1 Å². The fourth-order valence-corrected chi connectivity index (χ4v) is 5.31. The van der Waals surface area contributed by atoms with Crippen molar-refractivity contribution in [3.63, 3.8) is 0 Å². The van der Waals surface area contributed by atoms with Crippen LogP contribution in [0.25, 0.3) is 0 Å². The Hall–Kier alpha value is -3.32. The Kier molecular flexibility index (Phi) is 8.34. The molecule has 0 atom stereocenters. The first-order valence-corrected chi connectivity index (χ1v) is 13.0. The molecule has 0 heterocycles. The highest BCUT2D eigenvalue weighted by Crippen LogP contribution is 2.27. The van der Waals surface area contributed by atoms with Crippen molar-refractivity contribution in [2.45, 2.75) is 39.1 Å². The molecule has 180 valence electrons. The Labute approximate surface area is 203 Å². The summed E-state index contributed by atoms with van der Waals surface area (Å²) in [6.45, 7) is 9.84. The average Bonchev–Trinajstić information content (AvgIpc) is 2.85. The minimum Gasteiger partial charge on any atom is -0.372 e. The van der Waals surface area contributed by atoms with Gasteiger partial charge in [-0.3, -0.25) is 9.10 Å². The van der Waals surface area contributed by atoms with Gasteiger partial charge in [-0.1, -0.05) is 42.5 Å². The smallest absolute Gasteiger partial charge is 0.264 e. The summed E-state index contributed by atoms with van der Waals surface area (Å²) >= 11 is 0. The van der Waals surface area contributed by atoms with Gasteiger partial charge in [-0.2, -0.15) is 0 Å². The Morgan fingerprint density at radius 3 is 2.15 bits per heavy atom. The van der Waals surface area contributed by atoms with Crippen molar-refractivity contribution in [3.05, 3.63) is 89.5 Å². The molecule has 0 saturated heterocycles. The molecule has 1 N–H and O–H groups in total. The predicted molar refractivity (Wildman–Crippen MR) is 139 cm³/mol. The summed E-state index contributed by atoms with van der Waals surface area (Å²) < 4.78 is 28.2. The largest absolute Gasteiger partial charge is 0.372 e. The summed E-state index contributed by atoms with van der Waals surface area (Å²) in [5.74, 6) is -0.367. The zero-order valence-electron chi connectivity index (χ0n) is 20.3. The van der Waals surface area contributed by atoms with Gasteiger partial charge in [-0.15, -0.1) is 0 Å². The van der Waals surface area contributed by atoms with Crippen molar-refractivity contribution in [2.75, 3.05) is 28.8 Å². The number of carbonyl (C=O) groups excluding carboxylic acids is 1. The van der Waals surface area contributed by atoms with E-state index in [9.17, 15) is 13.2 Å². The summed E-state index contributed by atoms with van der Waals surface area (Å²) in [5, 5.41) is 2.87. The summed E-state index contributed by atoms with van der Waals surface area (Å²) in [6.07, 6.45) is 0. The highest BCUT2D eigenvalue weighted by Gasteiger charge is 2.28. The summed E-state index contributed by atoms with van der Waals surface area (Å²) in [7, 11) is -3.93. The number of aryl methyl sites for hydroxylation is 2. The molecule has 0 aliphatic rings. The molecular formula is C27H33N3O3S. The van der Waals surface area contributed by atoms with Crippen LogP contribution in [-0.4, -0.2) is 34.0 Å². The van der Waals surface area contributed by atoms with Gasteiger partial charge in [0.05, 0.1) is 10.6 Å². The number of nitrogens with one attached hydrogen (secondary N) is 1. The molecule has 0 unspecified atom stereocenters. The predicted octanol–water partition coefficient (Wildman–Crippen LogP) is 4.66. The molecular weight excluding hydrogens is 446 g/mol. The van der Waals surface area contributed by atoms with Gasteiger partial charge in [0.15, 0.2) is 0 Å². The van der Waals surface area contributed by atoms with Gasteiger partial charge in [0.25, 0.3) is 10.0 Å². The molecule has 6 nitrogen and oxygen atoms in total. The third-order valence-corrected chi connectivity index (χ3v) is 7.58. The number of sulfonamides is 1. The second-order valence-corrected chi connectivity index (χ2v) is 10.1. The first-order valence-electron chi connectivity index (χ1n) is 11.5. The number of amides is 1. The van der Waals surface area contributed by atoms with Crippen molar-refractivity contribution >= 4 is 27.3 Å². The molecule has 3 rings (SSSR count). The highest BCUT2D eigenvalue weighted by atomic mass is 32.2. The number of carbonyl (C=O) groups is 1. The molecule has 7 heteroatoms.